The van der Waals surface area contributed by atoms with Gasteiger partial charge in [-0.05, 0) is 30.4 Å². The number of rotatable bonds is 5. The third-order valence-electron chi connectivity index (χ3n) is 4.01. The van der Waals surface area contributed by atoms with Gasteiger partial charge in [0.05, 0.1) is 13.0 Å². The van der Waals surface area contributed by atoms with E-state index >= 15 is 0 Å². The van der Waals surface area contributed by atoms with Gasteiger partial charge in [0, 0.05) is 19.1 Å². The van der Waals surface area contributed by atoms with Crippen molar-refractivity contribution >= 4 is 5.91 Å². The molecule has 1 amide bonds. The number of carbonyl (C=O) groups is 1. The van der Waals surface area contributed by atoms with Gasteiger partial charge >= 0.3 is 0 Å². The second-order valence-corrected chi connectivity index (χ2v) is 6.01. The van der Waals surface area contributed by atoms with Crippen molar-refractivity contribution in [2.45, 2.75) is 45.1 Å². The lowest BCUT2D eigenvalue weighted by atomic mass is 10.0. The highest BCUT2D eigenvalue weighted by atomic mass is 16.5. The maximum atomic E-state index is 12.1. The number of likely N-dealkylation sites (tertiary alicyclic amines) is 1. The predicted molar refractivity (Wildman–Crippen MR) is 84.4 cm³/mol. The van der Waals surface area contributed by atoms with E-state index in [4.69, 9.17) is 10.5 Å². The van der Waals surface area contributed by atoms with E-state index < -0.39 is 0 Å². The maximum absolute atomic E-state index is 12.1. The Kier molecular flexibility index (Phi) is 5.62. The minimum absolute atomic E-state index is 0.170. The fourth-order valence-corrected chi connectivity index (χ4v) is 2.64. The molecule has 2 N–H and O–H groups in total. The minimum Gasteiger partial charge on any atom is -0.493 e. The normalized spacial score (nSPS) is 16.3. The van der Waals surface area contributed by atoms with Crippen molar-refractivity contribution in [3.8, 4) is 5.75 Å². The average molecular weight is 290 g/mol. The number of benzene rings is 1. The topological polar surface area (TPSA) is 55.6 Å². The van der Waals surface area contributed by atoms with Crippen molar-refractivity contribution in [2.75, 3.05) is 19.7 Å². The van der Waals surface area contributed by atoms with E-state index in [0.717, 1.165) is 31.7 Å². The molecule has 0 aliphatic carbocycles. The van der Waals surface area contributed by atoms with Gasteiger partial charge in [-0.25, -0.2) is 0 Å². The molecule has 4 heteroatoms. The number of hydrogen-bond donors (Lipinski definition) is 1. The van der Waals surface area contributed by atoms with E-state index in [1.165, 1.54) is 5.56 Å². The summed E-state index contributed by atoms with van der Waals surface area (Å²) in [5.74, 6) is 1.48. The second kappa shape index (κ2) is 7.46. The molecule has 0 radical (unpaired) electrons. The molecule has 1 aromatic rings. The van der Waals surface area contributed by atoms with Gasteiger partial charge in [-0.2, -0.15) is 0 Å². The van der Waals surface area contributed by atoms with Gasteiger partial charge in [-0.1, -0.05) is 32.0 Å². The molecule has 21 heavy (non-hydrogen) atoms. The number of para-hydroxylation sites is 1. The number of piperidine rings is 1. The molecule has 1 fully saturated rings. The Bertz CT molecular complexity index is 466. The minimum atomic E-state index is 0.170. The van der Waals surface area contributed by atoms with Gasteiger partial charge in [0.1, 0.15) is 5.75 Å². The molecule has 1 aliphatic rings. The summed E-state index contributed by atoms with van der Waals surface area (Å²) in [5, 5.41) is 0. The smallest absolute Gasteiger partial charge is 0.225 e. The third-order valence-corrected chi connectivity index (χ3v) is 4.01. The summed E-state index contributed by atoms with van der Waals surface area (Å²) in [4.78, 5) is 14.0. The Labute approximate surface area is 127 Å². The molecule has 0 aromatic heterocycles. The first-order chi connectivity index (χ1) is 10.1. The van der Waals surface area contributed by atoms with Crippen LogP contribution in [0.15, 0.2) is 24.3 Å². The van der Waals surface area contributed by atoms with E-state index in [1.54, 1.807) is 0 Å². The van der Waals surface area contributed by atoms with Crippen molar-refractivity contribution in [3.63, 3.8) is 0 Å². The SMILES string of the molecule is CC(C)c1ccccc1OCCC(=O)N1CCC(N)CC1. The lowest BCUT2D eigenvalue weighted by Gasteiger charge is -2.30. The fraction of sp³-hybridized carbons (Fsp3) is 0.588. The molecule has 116 valence electrons. The van der Waals surface area contributed by atoms with Crippen LogP contribution < -0.4 is 10.5 Å². The van der Waals surface area contributed by atoms with E-state index in [2.05, 4.69) is 19.9 Å². The zero-order valence-corrected chi connectivity index (χ0v) is 13.0. The van der Waals surface area contributed by atoms with Crippen molar-refractivity contribution in [1.82, 2.24) is 4.90 Å². The molecule has 1 heterocycles. The quantitative estimate of drug-likeness (QED) is 0.906. The highest BCUT2D eigenvalue weighted by Gasteiger charge is 2.20. The van der Waals surface area contributed by atoms with E-state index in [-0.39, 0.29) is 11.9 Å². The van der Waals surface area contributed by atoms with Gasteiger partial charge in [0.15, 0.2) is 0 Å². The molecule has 4 nitrogen and oxygen atoms in total. The molecule has 0 bridgehead atoms. The fourth-order valence-electron chi connectivity index (χ4n) is 2.64. The van der Waals surface area contributed by atoms with Crippen molar-refractivity contribution < 1.29 is 9.53 Å². The van der Waals surface area contributed by atoms with Crippen LogP contribution in [0.1, 0.15) is 44.6 Å². The first-order valence-electron chi connectivity index (χ1n) is 7.83. The van der Waals surface area contributed by atoms with E-state index in [0.29, 0.717) is 18.9 Å². The average Bonchev–Trinajstić information content (AvgIpc) is 2.48. The van der Waals surface area contributed by atoms with E-state index in [1.807, 2.05) is 23.1 Å². The molecule has 1 aliphatic heterocycles. The monoisotopic (exact) mass is 290 g/mol. The molecule has 0 saturated carbocycles. The zero-order chi connectivity index (χ0) is 15.2. The summed E-state index contributed by atoms with van der Waals surface area (Å²) in [6.07, 6.45) is 2.24. The van der Waals surface area contributed by atoms with Crippen LogP contribution >= 0.6 is 0 Å². The predicted octanol–water partition coefficient (Wildman–Crippen LogP) is 2.53. The Hall–Kier alpha value is -1.55. The van der Waals surface area contributed by atoms with Gasteiger partial charge in [-0.15, -0.1) is 0 Å². The van der Waals surface area contributed by atoms with E-state index in [9.17, 15) is 4.79 Å². The maximum Gasteiger partial charge on any atom is 0.225 e. The molecule has 0 spiro atoms. The zero-order valence-electron chi connectivity index (χ0n) is 13.0. The van der Waals surface area contributed by atoms with Crippen LogP contribution in [0.5, 0.6) is 5.75 Å². The van der Waals surface area contributed by atoms with Gasteiger partial charge in [-0.3, -0.25) is 4.79 Å². The number of nitrogens with two attached hydrogens (primary N) is 1. The summed E-state index contributed by atoms with van der Waals surface area (Å²) >= 11 is 0. The summed E-state index contributed by atoms with van der Waals surface area (Å²) in [6.45, 7) is 6.28. The first kappa shape index (κ1) is 15.8. The molecule has 1 saturated heterocycles. The second-order valence-electron chi connectivity index (χ2n) is 6.01. The molecule has 2 rings (SSSR count). The summed E-state index contributed by atoms with van der Waals surface area (Å²) in [5.41, 5.74) is 7.04. The molecule has 1 aromatic carbocycles. The molecular formula is C17H26N2O2. The van der Waals surface area contributed by atoms with Crippen molar-refractivity contribution in [2.24, 2.45) is 5.73 Å². The Morgan fingerprint density at radius 3 is 2.67 bits per heavy atom. The van der Waals surface area contributed by atoms with Crippen LogP contribution in [0.3, 0.4) is 0 Å². The number of hydrogen-bond acceptors (Lipinski definition) is 3. The summed E-state index contributed by atoms with van der Waals surface area (Å²) < 4.78 is 5.81. The Morgan fingerprint density at radius 1 is 1.33 bits per heavy atom. The number of carbonyl (C=O) groups excluding carboxylic acids is 1. The lowest BCUT2D eigenvalue weighted by molar-refractivity contribution is -0.132. The van der Waals surface area contributed by atoms with Crippen molar-refractivity contribution in [3.05, 3.63) is 29.8 Å². The number of amides is 1. The Balaban J connectivity index is 1.80. The van der Waals surface area contributed by atoms with Crippen LogP contribution in [0.4, 0.5) is 0 Å². The summed E-state index contributed by atoms with van der Waals surface area (Å²) in [6, 6.07) is 8.29. The Morgan fingerprint density at radius 2 is 2.00 bits per heavy atom. The summed E-state index contributed by atoms with van der Waals surface area (Å²) in [7, 11) is 0. The lowest BCUT2D eigenvalue weighted by Crippen LogP contribution is -2.43. The van der Waals surface area contributed by atoms with Crippen LogP contribution in [0.25, 0.3) is 0 Å². The third kappa shape index (κ3) is 4.46. The largest absolute Gasteiger partial charge is 0.493 e. The van der Waals surface area contributed by atoms with Crippen LogP contribution in [-0.4, -0.2) is 36.5 Å². The van der Waals surface area contributed by atoms with Crippen molar-refractivity contribution in [1.29, 1.82) is 0 Å². The first-order valence-corrected chi connectivity index (χ1v) is 7.83. The van der Waals surface area contributed by atoms with Gasteiger partial charge in [0.25, 0.3) is 0 Å². The highest BCUT2D eigenvalue weighted by molar-refractivity contribution is 5.76. The highest BCUT2D eigenvalue weighted by Crippen LogP contribution is 2.25. The molecule has 0 atom stereocenters. The number of ether oxygens (including phenoxy) is 1. The van der Waals surface area contributed by atoms with Crippen LogP contribution in [-0.2, 0) is 4.79 Å². The van der Waals surface area contributed by atoms with Crippen LogP contribution in [0.2, 0.25) is 0 Å². The standard InChI is InChI=1S/C17H26N2O2/c1-13(2)15-5-3-4-6-16(15)21-12-9-17(20)19-10-7-14(18)8-11-19/h3-6,13-14H,7-12,18H2,1-2H3. The van der Waals surface area contributed by atoms with Gasteiger partial charge in [0.2, 0.25) is 5.91 Å². The van der Waals surface area contributed by atoms with Crippen LogP contribution in [0, 0.1) is 0 Å². The molecule has 0 unspecified atom stereocenters. The number of nitrogens with zero attached hydrogens (tertiary/aromatic N) is 1. The van der Waals surface area contributed by atoms with Gasteiger partial charge < -0.3 is 15.4 Å². The molecular weight excluding hydrogens is 264 g/mol.